The number of nitrogens with zero attached hydrogens (tertiary/aromatic N) is 1. The van der Waals surface area contributed by atoms with Gasteiger partial charge in [0.05, 0.1) is 0 Å². The van der Waals surface area contributed by atoms with Crippen molar-refractivity contribution in [2.75, 3.05) is 7.05 Å². The summed E-state index contributed by atoms with van der Waals surface area (Å²) in [5.41, 5.74) is 1.28. The van der Waals surface area contributed by atoms with Crippen molar-refractivity contribution >= 4 is 5.71 Å². The van der Waals surface area contributed by atoms with Crippen LogP contribution in [0.5, 0.6) is 0 Å². The van der Waals surface area contributed by atoms with Crippen molar-refractivity contribution in [2.24, 2.45) is 16.8 Å². The van der Waals surface area contributed by atoms with Crippen LogP contribution in [0.2, 0.25) is 0 Å². The first-order chi connectivity index (χ1) is 5.11. The Morgan fingerprint density at radius 1 is 1.27 bits per heavy atom. The van der Waals surface area contributed by atoms with Gasteiger partial charge in [0.2, 0.25) is 0 Å². The quantitative estimate of drug-likeness (QED) is 0.553. The van der Waals surface area contributed by atoms with Gasteiger partial charge in [-0.05, 0) is 25.2 Å². The molecule has 0 heterocycles. The summed E-state index contributed by atoms with van der Waals surface area (Å²) in [4.78, 5) is 4.16. The molecule has 66 valence electrons. The Labute approximate surface area is 70.9 Å². The zero-order valence-corrected chi connectivity index (χ0v) is 8.52. The van der Waals surface area contributed by atoms with Gasteiger partial charge in [0.25, 0.3) is 0 Å². The van der Waals surface area contributed by atoms with Crippen LogP contribution in [0.3, 0.4) is 0 Å². The highest BCUT2D eigenvalue weighted by Crippen LogP contribution is 2.18. The second-order valence-electron chi connectivity index (χ2n) is 3.53. The van der Waals surface area contributed by atoms with Crippen LogP contribution in [0.1, 0.15) is 40.5 Å². The molecule has 0 saturated heterocycles. The molecule has 2 unspecified atom stereocenters. The molecule has 0 rings (SSSR count). The molecule has 0 aromatic rings. The maximum absolute atomic E-state index is 4.16. The molecule has 0 aliphatic heterocycles. The van der Waals surface area contributed by atoms with E-state index < -0.39 is 0 Å². The number of aliphatic imine (C=N–C) groups is 1. The largest absolute Gasteiger partial charge is 0.298 e. The molecule has 0 radical (unpaired) electrons. The minimum Gasteiger partial charge on any atom is -0.298 e. The first-order valence-corrected chi connectivity index (χ1v) is 4.54. The van der Waals surface area contributed by atoms with E-state index in [1.54, 1.807) is 0 Å². The first kappa shape index (κ1) is 10.7. The number of hydrogen-bond donors (Lipinski definition) is 0. The fourth-order valence-electron chi connectivity index (χ4n) is 1.16. The van der Waals surface area contributed by atoms with Crippen LogP contribution in [0, 0.1) is 11.8 Å². The smallest absolute Gasteiger partial charge is 0.0276 e. The second-order valence-corrected chi connectivity index (χ2v) is 3.53. The van der Waals surface area contributed by atoms with E-state index >= 15 is 0 Å². The van der Waals surface area contributed by atoms with Gasteiger partial charge >= 0.3 is 0 Å². The van der Waals surface area contributed by atoms with E-state index in [-0.39, 0.29) is 0 Å². The van der Waals surface area contributed by atoms with E-state index in [0.29, 0.717) is 0 Å². The van der Waals surface area contributed by atoms with Crippen molar-refractivity contribution in [3.8, 4) is 0 Å². The highest BCUT2D eigenvalue weighted by atomic mass is 14.7. The molecule has 2 atom stereocenters. The predicted octanol–water partition coefficient (Wildman–Crippen LogP) is 3.15. The molecule has 0 bridgehead atoms. The van der Waals surface area contributed by atoms with Crippen LogP contribution in [0.25, 0.3) is 0 Å². The van der Waals surface area contributed by atoms with Gasteiger partial charge in [-0.1, -0.05) is 27.2 Å². The lowest BCUT2D eigenvalue weighted by Crippen LogP contribution is -2.10. The zero-order valence-electron chi connectivity index (χ0n) is 8.52. The third kappa shape index (κ3) is 4.18. The van der Waals surface area contributed by atoms with Crippen molar-refractivity contribution in [3.05, 3.63) is 0 Å². The van der Waals surface area contributed by atoms with Crippen LogP contribution in [0.15, 0.2) is 4.99 Å². The van der Waals surface area contributed by atoms with Crippen molar-refractivity contribution < 1.29 is 0 Å². The van der Waals surface area contributed by atoms with Crippen LogP contribution >= 0.6 is 0 Å². The van der Waals surface area contributed by atoms with Gasteiger partial charge in [0.1, 0.15) is 0 Å². The van der Waals surface area contributed by atoms with Gasteiger partial charge in [-0.15, -0.1) is 0 Å². The van der Waals surface area contributed by atoms with Crippen LogP contribution < -0.4 is 0 Å². The normalized spacial score (nSPS) is 18.1. The fraction of sp³-hybridized carbons (Fsp3) is 0.900. The van der Waals surface area contributed by atoms with Crippen LogP contribution in [0.4, 0.5) is 0 Å². The molecule has 0 saturated carbocycles. The molecule has 0 spiro atoms. The lowest BCUT2D eigenvalue weighted by atomic mass is 9.89. The Morgan fingerprint density at radius 3 is 2.18 bits per heavy atom. The summed E-state index contributed by atoms with van der Waals surface area (Å²) in [6, 6.07) is 0. The molecule has 1 heteroatoms. The molecule has 0 aromatic carbocycles. The first-order valence-electron chi connectivity index (χ1n) is 4.54. The zero-order chi connectivity index (χ0) is 8.85. The summed E-state index contributed by atoms with van der Waals surface area (Å²) in [5, 5.41) is 0. The molecule has 0 amide bonds. The summed E-state index contributed by atoms with van der Waals surface area (Å²) < 4.78 is 0. The minimum atomic E-state index is 0.781. The van der Waals surface area contributed by atoms with Gasteiger partial charge in [-0.3, -0.25) is 4.99 Å². The Hall–Kier alpha value is -0.330. The van der Waals surface area contributed by atoms with Crippen molar-refractivity contribution in [1.82, 2.24) is 0 Å². The SMILES string of the molecule is CCC(C)C(C)C/C(C)=N/C. The molecule has 11 heavy (non-hydrogen) atoms. The van der Waals surface area contributed by atoms with E-state index in [1.165, 1.54) is 12.1 Å². The summed E-state index contributed by atoms with van der Waals surface area (Å²) in [7, 11) is 1.87. The third-order valence-corrected chi connectivity index (χ3v) is 2.61. The lowest BCUT2D eigenvalue weighted by Gasteiger charge is -2.17. The monoisotopic (exact) mass is 155 g/mol. The van der Waals surface area contributed by atoms with Gasteiger partial charge in [-0.25, -0.2) is 0 Å². The maximum atomic E-state index is 4.16. The summed E-state index contributed by atoms with van der Waals surface area (Å²) in [6.45, 7) is 8.98. The van der Waals surface area contributed by atoms with E-state index in [9.17, 15) is 0 Å². The fourth-order valence-corrected chi connectivity index (χ4v) is 1.16. The molecule has 0 aliphatic rings. The van der Waals surface area contributed by atoms with Crippen molar-refractivity contribution in [1.29, 1.82) is 0 Å². The minimum absolute atomic E-state index is 0.781. The highest BCUT2D eigenvalue weighted by Gasteiger charge is 2.10. The molecule has 0 aromatic heterocycles. The maximum Gasteiger partial charge on any atom is 0.0276 e. The Bertz CT molecular complexity index is 127. The third-order valence-electron chi connectivity index (χ3n) is 2.61. The standard InChI is InChI=1S/C10H21N/c1-6-8(2)9(3)7-10(4)11-5/h8-9H,6-7H2,1-5H3/b11-10+. The Kier molecular flexibility index (Phi) is 5.18. The Balaban J connectivity index is 3.76. The summed E-state index contributed by atoms with van der Waals surface area (Å²) in [6.07, 6.45) is 2.43. The molecular weight excluding hydrogens is 134 g/mol. The van der Waals surface area contributed by atoms with E-state index in [4.69, 9.17) is 0 Å². The van der Waals surface area contributed by atoms with Crippen molar-refractivity contribution in [2.45, 2.75) is 40.5 Å². The summed E-state index contributed by atoms with van der Waals surface area (Å²) in [5.74, 6) is 1.61. The van der Waals surface area contributed by atoms with Crippen LogP contribution in [-0.4, -0.2) is 12.8 Å². The van der Waals surface area contributed by atoms with Gasteiger partial charge in [-0.2, -0.15) is 0 Å². The van der Waals surface area contributed by atoms with Crippen molar-refractivity contribution in [3.63, 3.8) is 0 Å². The summed E-state index contributed by atoms with van der Waals surface area (Å²) >= 11 is 0. The molecule has 0 N–H and O–H groups in total. The molecule has 0 aliphatic carbocycles. The van der Waals surface area contributed by atoms with Gasteiger partial charge < -0.3 is 0 Å². The predicted molar refractivity (Wildman–Crippen MR) is 52.3 cm³/mol. The average molecular weight is 155 g/mol. The van der Waals surface area contributed by atoms with Gasteiger partial charge in [0, 0.05) is 12.8 Å². The topological polar surface area (TPSA) is 12.4 Å². The van der Waals surface area contributed by atoms with E-state index in [1.807, 2.05) is 7.05 Å². The Morgan fingerprint density at radius 2 is 1.82 bits per heavy atom. The average Bonchev–Trinajstić information content (AvgIpc) is 2.02. The van der Waals surface area contributed by atoms with E-state index in [0.717, 1.165) is 18.3 Å². The highest BCUT2D eigenvalue weighted by molar-refractivity contribution is 5.81. The molecule has 0 fully saturated rings. The lowest BCUT2D eigenvalue weighted by molar-refractivity contribution is 0.388. The van der Waals surface area contributed by atoms with Crippen LogP contribution in [-0.2, 0) is 0 Å². The molecule has 1 nitrogen and oxygen atoms in total. The van der Waals surface area contributed by atoms with E-state index in [2.05, 4.69) is 32.7 Å². The molecular formula is C10H21N. The number of hydrogen-bond acceptors (Lipinski definition) is 1. The van der Waals surface area contributed by atoms with Gasteiger partial charge in [0.15, 0.2) is 0 Å². The second kappa shape index (κ2) is 5.34. The number of rotatable bonds is 4.